The quantitative estimate of drug-likeness (QED) is 0.826. The zero-order valence-electron chi connectivity index (χ0n) is 14.3. The minimum absolute atomic E-state index is 0.0819. The second-order valence-electron chi connectivity index (χ2n) is 6.27. The predicted octanol–water partition coefficient (Wildman–Crippen LogP) is 2.85. The molecule has 5 nitrogen and oxygen atoms in total. The van der Waals surface area contributed by atoms with Gasteiger partial charge in [-0.15, -0.1) is 0 Å². The summed E-state index contributed by atoms with van der Waals surface area (Å²) >= 11 is 0. The van der Waals surface area contributed by atoms with Gasteiger partial charge in [0.25, 0.3) is 0 Å². The lowest BCUT2D eigenvalue weighted by molar-refractivity contribution is -0.0498. The van der Waals surface area contributed by atoms with Gasteiger partial charge in [0.1, 0.15) is 11.5 Å². The van der Waals surface area contributed by atoms with Crippen LogP contribution < -0.4 is 9.64 Å². The molecule has 140 valence electrons. The van der Waals surface area contributed by atoms with Crippen LogP contribution in [0.2, 0.25) is 0 Å². The van der Waals surface area contributed by atoms with Crippen LogP contribution in [0.15, 0.2) is 48.5 Å². The number of nitrogens with zero attached hydrogens (tertiary/aromatic N) is 2. The van der Waals surface area contributed by atoms with Crippen LogP contribution in [0, 0.1) is 0 Å². The molecule has 0 unspecified atom stereocenters. The van der Waals surface area contributed by atoms with Crippen LogP contribution in [0.1, 0.15) is 11.7 Å². The first-order valence-corrected chi connectivity index (χ1v) is 8.50. The third kappa shape index (κ3) is 4.83. The lowest BCUT2D eigenvalue weighted by Gasteiger charge is -2.37. The molecule has 26 heavy (non-hydrogen) atoms. The molecule has 0 aromatic heterocycles. The van der Waals surface area contributed by atoms with Crippen LogP contribution >= 0.6 is 0 Å². The number of ether oxygens (including phenoxy) is 1. The van der Waals surface area contributed by atoms with Gasteiger partial charge in [0.05, 0.1) is 6.10 Å². The highest BCUT2D eigenvalue weighted by atomic mass is 19.3. The number of phenolic OH excluding ortho intramolecular Hbond substituents is 1. The van der Waals surface area contributed by atoms with E-state index in [1.54, 1.807) is 24.3 Å². The Labute approximate surface area is 151 Å². The van der Waals surface area contributed by atoms with Gasteiger partial charge in [0.15, 0.2) is 0 Å². The van der Waals surface area contributed by atoms with E-state index in [2.05, 4.69) is 14.5 Å². The van der Waals surface area contributed by atoms with E-state index in [1.807, 2.05) is 12.1 Å². The second-order valence-corrected chi connectivity index (χ2v) is 6.27. The molecule has 0 spiro atoms. The molecule has 1 atom stereocenters. The van der Waals surface area contributed by atoms with Gasteiger partial charge in [0.2, 0.25) is 0 Å². The van der Waals surface area contributed by atoms with Crippen molar-refractivity contribution in [3.8, 4) is 11.5 Å². The molecule has 1 fully saturated rings. The maximum absolute atomic E-state index is 12.2. The van der Waals surface area contributed by atoms with Crippen molar-refractivity contribution in [2.45, 2.75) is 12.7 Å². The summed E-state index contributed by atoms with van der Waals surface area (Å²) in [4.78, 5) is 4.41. The average Bonchev–Trinajstić information content (AvgIpc) is 2.63. The van der Waals surface area contributed by atoms with Gasteiger partial charge in [-0.3, -0.25) is 4.90 Å². The molecule has 0 radical (unpaired) electrons. The lowest BCUT2D eigenvalue weighted by Crippen LogP contribution is -2.47. The Morgan fingerprint density at radius 3 is 2.12 bits per heavy atom. The molecule has 2 aromatic carbocycles. The van der Waals surface area contributed by atoms with Crippen molar-refractivity contribution < 1.29 is 23.7 Å². The smallest absolute Gasteiger partial charge is 0.387 e. The molecule has 2 aromatic rings. The number of halogens is 2. The summed E-state index contributed by atoms with van der Waals surface area (Å²) in [7, 11) is 0. The number of β-amino-alcohol motifs (C(OH)–C–C–N with tert-alkyl or cyclic N) is 1. The number of aliphatic hydroxyl groups excluding tert-OH is 1. The molecule has 0 saturated carbocycles. The first kappa shape index (κ1) is 18.4. The monoisotopic (exact) mass is 364 g/mol. The predicted molar refractivity (Wildman–Crippen MR) is 94.8 cm³/mol. The first-order valence-electron chi connectivity index (χ1n) is 8.50. The fourth-order valence-electron chi connectivity index (χ4n) is 3.07. The third-order valence-corrected chi connectivity index (χ3v) is 4.51. The topological polar surface area (TPSA) is 56.2 Å². The molecule has 0 amide bonds. The van der Waals surface area contributed by atoms with Crippen molar-refractivity contribution in [1.82, 2.24) is 4.90 Å². The van der Waals surface area contributed by atoms with Gasteiger partial charge in [-0.05, 0) is 42.0 Å². The Kier molecular flexibility index (Phi) is 5.90. The second kappa shape index (κ2) is 8.33. The minimum atomic E-state index is -2.85. The standard InChI is InChI=1S/C19H22F2N2O3/c20-19(21)26-17-7-1-14(2-8-17)18(25)13-22-9-11-23(12-10-22)15-3-5-16(24)6-4-15/h1-8,18-19,24-25H,9-13H2/t18-/m1/s1. The number of alkyl halides is 2. The first-order chi connectivity index (χ1) is 12.5. The van der Waals surface area contributed by atoms with Crippen molar-refractivity contribution in [2.75, 3.05) is 37.6 Å². The van der Waals surface area contributed by atoms with Crippen molar-refractivity contribution in [3.63, 3.8) is 0 Å². The SMILES string of the molecule is Oc1ccc(N2CCN(C[C@@H](O)c3ccc(OC(F)F)cc3)CC2)cc1. The Morgan fingerprint density at radius 2 is 1.54 bits per heavy atom. The van der Waals surface area contributed by atoms with Crippen LogP contribution in [0.4, 0.5) is 14.5 Å². The van der Waals surface area contributed by atoms with Crippen LogP contribution in [0.3, 0.4) is 0 Å². The van der Waals surface area contributed by atoms with E-state index in [-0.39, 0.29) is 11.5 Å². The average molecular weight is 364 g/mol. The number of anilines is 1. The van der Waals surface area contributed by atoms with Gasteiger partial charge in [-0.25, -0.2) is 0 Å². The van der Waals surface area contributed by atoms with Gasteiger partial charge in [0, 0.05) is 38.4 Å². The Morgan fingerprint density at radius 1 is 0.923 bits per heavy atom. The summed E-state index contributed by atoms with van der Waals surface area (Å²) in [6.45, 7) is 0.917. The van der Waals surface area contributed by atoms with Crippen molar-refractivity contribution in [3.05, 3.63) is 54.1 Å². The highest BCUT2D eigenvalue weighted by molar-refractivity contribution is 5.49. The maximum atomic E-state index is 12.2. The van der Waals surface area contributed by atoms with E-state index in [0.717, 1.165) is 31.9 Å². The van der Waals surface area contributed by atoms with Gasteiger partial charge >= 0.3 is 6.61 Å². The molecular formula is C19H22F2N2O3. The molecule has 1 heterocycles. The van der Waals surface area contributed by atoms with E-state index in [4.69, 9.17) is 0 Å². The summed E-state index contributed by atoms with van der Waals surface area (Å²) in [5.41, 5.74) is 1.74. The summed E-state index contributed by atoms with van der Waals surface area (Å²) in [5.74, 6) is 0.332. The minimum Gasteiger partial charge on any atom is -0.508 e. The van der Waals surface area contributed by atoms with E-state index in [1.165, 1.54) is 12.1 Å². The maximum Gasteiger partial charge on any atom is 0.387 e. The Bertz CT molecular complexity index is 687. The molecule has 2 N–H and O–H groups in total. The number of hydrogen-bond donors (Lipinski definition) is 2. The molecule has 7 heteroatoms. The van der Waals surface area contributed by atoms with Gasteiger partial charge in [-0.1, -0.05) is 12.1 Å². The number of benzene rings is 2. The van der Waals surface area contributed by atoms with Crippen LogP contribution in [0.25, 0.3) is 0 Å². The number of hydrogen-bond acceptors (Lipinski definition) is 5. The van der Waals surface area contributed by atoms with Crippen molar-refractivity contribution >= 4 is 5.69 Å². The lowest BCUT2D eigenvalue weighted by atomic mass is 10.1. The fraction of sp³-hybridized carbons (Fsp3) is 0.368. The van der Waals surface area contributed by atoms with E-state index >= 15 is 0 Å². The highest BCUT2D eigenvalue weighted by Gasteiger charge is 2.20. The molecule has 0 aliphatic carbocycles. The Balaban J connectivity index is 1.50. The van der Waals surface area contributed by atoms with Crippen LogP contribution in [0.5, 0.6) is 11.5 Å². The zero-order chi connectivity index (χ0) is 18.5. The van der Waals surface area contributed by atoms with Crippen LogP contribution in [-0.4, -0.2) is 54.4 Å². The van der Waals surface area contributed by atoms with E-state index in [0.29, 0.717) is 12.1 Å². The molecule has 1 aliphatic heterocycles. The number of aliphatic hydroxyl groups is 1. The summed E-state index contributed by atoms with van der Waals surface area (Å²) in [6.07, 6.45) is -0.684. The number of piperazine rings is 1. The van der Waals surface area contributed by atoms with E-state index in [9.17, 15) is 19.0 Å². The third-order valence-electron chi connectivity index (χ3n) is 4.51. The molecule has 3 rings (SSSR count). The molecular weight excluding hydrogens is 342 g/mol. The number of phenols is 1. The fourth-order valence-corrected chi connectivity index (χ4v) is 3.07. The molecule has 1 aliphatic rings. The summed E-state index contributed by atoms with van der Waals surface area (Å²) < 4.78 is 28.6. The Hall–Kier alpha value is -2.38. The van der Waals surface area contributed by atoms with Crippen molar-refractivity contribution in [1.29, 1.82) is 0 Å². The summed E-state index contributed by atoms with van der Waals surface area (Å²) in [5, 5.41) is 19.8. The highest BCUT2D eigenvalue weighted by Crippen LogP contribution is 2.22. The van der Waals surface area contributed by atoms with Gasteiger partial charge in [-0.2, -0.15) is 8.78 Å². The van der Waals surface area contributed by atoms with Gasteiger partial charge < -0.3 is 19.8 Å². The normalized spacial score (nSPS) is 16.7. The van der Waals surface area contributed by atoms with Crippen molar-refractivity contribution in [2.24, 2.45) is 0 Å². The number of aromatic hydroxyl groups is 1. The zero-order valence-corrected chi connectivity index (χ0v) is 14.3. The molecule has 0 bridgehead atoms. The van der Waals surface area contributed by atoms with E-state index < -0.39 is 12.7 Å². The summed E-state index contributed by atoms with van der Waals surface area (Å²) in [6, 6.07) is 13.2. The number of rotatable bonds is 6. The molecule has 1 saturated heterocycles. The largest absolute Gasteiger partial charge is 0.508 e. The van der Waals surface area contributed by atoms with Crippen LogP contribution in [-0.2, 0) is 0 Å².